The number of likely N-dealkylation sites (tertiary alicyclic amines) is 1. The van der Waals surface area contributed by atoms with Crippen molar-refractivity contribution in [3.63, 3.8) is 0 Å². The van der Waals surface area contributed by atoms with Gasteiger partial charge in [0.05, 0.1) is 5.75 Å². The quantitative estimate of drug-likeness (QED) is 0.764. The van der Waals surface area contributed by atoms with Crippen LogP contribution in [-0.2, 0) is 9.84 Å². The van der Waals surface area contributed by atoms with E-state index in [2.05, 4.69) is 10.2 Å². The van der Waals surface area contributed by atoms with Gasteiger partial charge in [-0.2, -0.15) is 0 Å². The Kier molecular flexibility index (Phi) is 3.87. The minimum atomic E-state index is -2.78. The van der Waals surface area contributed by atoms with E-state index >= 15 is 0 Å². The molecule has 2 saturated heterocycles. The van der Waals surface area contributed by atoms with E-state index in [1.807, 2.05) is 0 Å². The van der Waals surface area contributed by atoms with Gasteiger partial charge in [0.2, 0.25) is 0 Å². The van der Waals surface area contributed by atoms with E-state index in [0.717, 1.165) is 38.5 Å². The maximum Gasteiger partial charge on any atom is 0.147 e. The Hall–Kier alpha value is -0.130. The zero-order valence-electron chi connectivity index (χ0n) is 9.98. The monoisotopic (exact) mass is 246 g/mol. The summed E-state index contributed by atoms with van der Waals surface area (Å²) >= 11 is 0. The molecule has 2 rings (SSSR count). The number of hydrogen-bond donors (Lipinski definition) is 1. The third-order valence-electron chi connectivity index (χ3n) is 3.66. The summed E-state index contributed by atoms with van der Waals surface area (Å²) in [6.45, 7) is 4.34. The molecule has 0 saturated carbocycles. The summed E-state index contributed by atoms with van der Waals surface area (Å²) in [5.74, 6) is 1.12. The maximum atomic E-state index is 11.0. The molecular weight excluding hydrogens is 224 g/mol. The number of rotatable bonds is 4. The average molecular weight is 246 g/mol. The van der Waals surface area contributed by atoms with Gasteiger partial charge < -0.3 is 10.2 Å². The smallest absolute Gasteiger partial charge is 0.147 e. The summed E-state index contributed by atoms with van der Waals surface area (Å²) in [6.07, 6.45) is 4.72. The second-order valence-corrected chi connectivity index (χ2v) is 7.47. The molecule has 1 N–H and O–H groups in total. The first kappa shape index (κ1) is 12.3. The molecule has 16 heavy (non-hydrogen) atoms. The number of nitrogens with one attached hydrogen (secondary N) is 1. The molecule has 2 fully saturated rings. The first-order chi connectivity index (χ1) is 7.54. The van der Waals surface area contributed by atoms with E-state index in [0.29, 0.717) is 11.8 Å². The zero-order chi connectivity index (χ0) is 11.6. The molecule has 0 radical (unpaired) electrons. The molecule has 0 aromatic carbocycles. The number of fused-ring (bicyclic) bond motifs is 1. The Bertz CT molecular complexity index is 315. The second kappa shape index (κ2) is 5.02. The van der Waals surface area contributed by atoms with E-state index < -0.39 is 9.84 Å². The lowest BCUT2D eigenvalue weighted by Crippen LogP contribution is -2.40. The minimum Gasteiger partial charge on any atom is -0.312 e. The number of sulfone groups is 1. The first-order valence-electron chi connectivity index (χ1n) is 6.18. The van der Waals surface area contributed by atoms with Crippen molar-refractivity contribution in [3.8, 4) is 0 Å². The van der Waals surface area contributed by atoms with Gasteiger partial charge in [-0.1, -0.05) is 0 Å². The Morgan fingerprint density at radius 2 is 2.19 bits per heavy atom. The molecule has 2 aliphatic rings. The van der Waals surface area contributed by atoms with Crippen molar-refractivity contribution in [3.05, 3.63) is 0 Å². The lowest BCUT2D eigenvalue weighted by atomic mass is 9.94. The zero-order valence-corrected chi connectivity index (χ0v) is 10.8. The molecule has 0 bridgehead atoms. The highest BCUT2D eigenvalue weighted by Gasteiger charge is 2.33. The van der Waals surface area contributed by atoms with Crippen LogP contribution in [0.5, 0.6) is 0 Å². The van der Waals surface area contributed by atoms with Crippen molar-refractivity contribution >= 4 is 9.84 Å². The fourth-order valence-electron chi connectivity index (χ4n) is 2.87. The van der Waals surface area contributed by atoms with Gasteiger partial charge in [0, 0.05) is 25.4 Å². The molecular formula is C11H22N2O2S. The van der Waals surface area contributed by atoms with E-state index in [4.69, 9.17) is 0 Å². The highest BCUT2D eigenvalue weighted by atomic mass is 32.2. The van der Waals surface area contributed by atoms with Crippen LogP contribution in [0.3, 0.4) is 0 Å². The lowest BCUT2D eigenvalue weighted by molar-refractivity contribution is 0.320. The normalized spacial score (nSPS) is 31.6. The standard InChI is InChI=1S/C11H22N2O2S/c1-16(14,15)7-3-6-13-8-10-4-2-5-12-11(10)9-13/h10-12H,2-9H2,1H3/t10-,11+/m0/s1. The summed E-state index contributed by atoms with van der Waals surface area (Å²) in [6, 6.07) is 0.659. The van der Waals surface area contributed by atoms with Crippen LogP contribution in [-0.4, -0.2) is 57.5 Å². The van der Waals surface area contributed by atoms with Crippen LogP contribution in [0.4, 0.5) is 0 Å². The molecule has 5 heteroatoms. The SMILES string of the molecule is CS(=O)(=O)CCCN1C[C@@H]2CCCN[C@@H]2C1. The molecule has 0 amide bonds. The van der Waals surface area contributed by atoms with Crippen LogP contribution >= 0.6 is 0 Å². The van der Waals surface area contributed by atoms with Gasteiger partial charge in [0.25, 0.3) is 0 Å². The van der Waals surface area contributed by atoms with E-state index in [9.17, 15) is 8.42 Å². The molecule has 0 aromatic rings. The van der Waals surface area contributed by atoms with Crippen molar-refractivity contribution in [1.29, 1.82) is 0 Å². The van der Waals surface area contributed by atoms with Crippen LogP contribution in [0.1, 0.15) is 19.3 Å². The Labute approximate surface area is 98.3 Å². The molecule has 0 aromatic heterocycles. The van der Waals surface area contributed by atoms with Crippen LogP contribution in [0, 0.1) is 5.92 Å². The fraction of sp³-hybridized carbons (Fsp3) is 1.00. The molecule has 2 aliphatic heterocycles. The number of piperidine rings is 1. The third-order valence-corrected chi connectivity index (χ3v) is 4.69. The van der Waals surface area contributed by atoms with Crippen molar-refractivity contribution in [2.75, 3.05) is 38.2 Å². The fourth-order valence-corrected chi connectivity index (χ4v) is 3.52. The summed E-state index contributed by atoms with van der Waals surface area (Å²) in [7, 11) is -2.78. The topological polar surface area (TPSA) is 49.4 Å². The van der Waals surface area contributed by atoms with Crippen LogP contribution in [0.25, 0.3) is 0 Å². The second-order valence-electron chi connectivity index (χ2n) is 5.21. The molecule has 0 spiro atoms. The van der Waals surface area contributed by atoms with Gasteiger partial charge in [-0.15, -0.1) is 0 Å². The lowest BCUT2D eigenvalue weighted by Gasteiger charge is -2.24. The van der Waals surface area contributed by atoms with Gasteiger partial charge in [-0.25, -0.2) is 8.42 Å². The molecule has 94 valence electrons. The van der Waals surface area contributed by atoms with Crippen molar-refractivity contribution < 1.29 is 8.42 Å². The average Bonchev–Trinajstić information content (AvgIpc) is 2.57. The van der Waals surface area contributed by atoms with E-state index in [1.54, 1.807) is 0 Å². The van der Waals surface area contributed by atoms with Crippen molar-refractivity contribution in [2.24, 2.45) is 5.92 Å². The van der Waals surface area contributed by atoms with E-state index in [-0.39, 0.29) is 0 Å². The van der Waals surface area contributed by atoms with Gasteiger partial charge in [-0.3, -0.25) is 0 Å². The number of hydrogen-bond acceptors (Lipinski definition) is 4. The predicted octanol–water partition coefficient (Wildman–Crippen LogP) is 0.105. The molecule has 0 aliphatic carbocycles. The molecule has 4 nitrogen and oxygen atoms in total. The summed E-state index contributed by atoms with van der Waals surface area (Å²) in [5, 5.41) is 3.56. The maximum absolute atomic E-state index is 11.0. The highest BCUT2D eigenvalue weighted by molar-refractivity contribution is 7.90. The van der Waals surface area contributed by atoms with Gasteiger partial charge in [-0.05, 0) is 38.3 Å². The largest absolute Gasteiger partial charge is 0.312 e. The Morgan fingerprint density at radius 3 is 2.88 bits per heavy atom. The molecule has 2 atom stereocenters. The van der Waals surface area contributed by atoms with Gasteiger partial charge in [0.15, 0.2) is 0 Å². The van der Waals surface area contributed by atoms with Crippen molar-refractivity contribution in [2.45, 2.75) is 25.3 Å². The van der Waals surface area contributed by atoms with E-state index in [1.165, 1.54) is 19.1 Å². The van der Waals surface area contributed by atoms with Crippen LogP contribution < -0.4 is 5.32 Å². The first-order valence-corrected chi connectivity index (χ1v) is 8.24. The van der Waals surface area contributed by atoms with Gasteiger partial charge >= 0.3 is 0 Å². The minimum absolute atomic E-state index is 0.326. The van der Waals surface area contributed by atoms with Crippen LogP contribution in [0.15, 0.2) is 0 Å². The molecule has 0 unspecified atom stereocenters. The van der Waals surface area contributed by atoms with Gasteiger partial charge in [0.1, 0.15) is 9.84 Å². The van der Waals surface area contributed by atoms with Crippen LogP contribution in [0.2, 0.25) is 0 Å². The Morgan fingerprint density at radius 1 is 1.38 bits per heavy atom. The van der Waals surface area contributed by atoms with Crippen molar-refractivity contribution in [1.82, 2.24) is 10.2 Å². The summed E-state index contributed by atoms with van der Waals surface area (Å²) in [5.41, 5.74) is 0. The highest BCUT2D eigenvalue weighted by Crippen LogP contribution is 2.24. The summed E-state index contributed by atoms with van der Waals surface area (Å²) in [4.78, 5) is 2.42. The number of nitrogens with zero attached hydrogens (tertiary/aromatic N) is 1. The Balaban J connectivity index is 1.72. The summed E-state index contributed by atoms with van der Waals surface area (Å²) < 4.78 is 22.1. The molecule has 2 heterocycles. The third kappa shape index (κ3) is 3.43. The predicted molar refractivity (Wildman–Crippen MR) is 65.3 cm³/mol.